The third-order valence-corrected chi connectivity index (χ3v) is 5.05. The highest BCUT2D eigenvalue weighted by atomic mass is 127. The smallest absolute Gasteiger partial charge is 0.0520 e. The first-order valence-corrected chi connectivity index (χ1v) is 7.40. The minimum Gasteiger partial charge on any atom is -0.396 e. The molecule has 0 amide bonds. The van der Waals surface area contributed by atoms with Crippen molar-refractivity contribution in [1.82, 2.24) is 4.31 Å². The van der Waals surface area contributed by atoms with E-state index in [2.05, 4.69) is 41.4 Å². The van der Waals surface area contributed by atoms with Gasteiger partial charge in [-0.25, -0.2) is 4.31 Å². The molecule has 1 fully saturated rings. The molecule has 0 aromatic carbocycles. The molecule has 1 saturated heterocycles. The van der Waals surface area contributed by atoms with Crippen LogP contribution in [0.15, 0.2) is 0 Å². The Morgan fingerprint density at radius 3 is 2.60 bits per heavy atom. The molecule has 0 aromatic heterocycles. The van der Waals surface area contributed by atoms with Gasteiger partial charge in [0.05, 0.1) is 6.61 Å². The number of aliphatic hydroxyl groups is 1. The van der Waals surface area contributed by atoms with Crippen LogP contribution in [0.25, 0.3) is 0 Å². The van der Waals surface area contributed by atoms with Gasteiger partial charge in [0.25, 0.3) is 0 Å². The van der Waals surface area contributed by atoms with E-state index in [1.165, 1.54) is 0 Å². The van der Waals surface area contributed by atoms with Crippen molar-refractivity contribution in [2.45, 2.75) is 0 Å². The fourth-order valence-electron chi connectivity index (χ4n) is 0.977. The summed E-state index contributed by atoms with van der Waals surface area (Å²) in [5, 5.41) is 9.89. The van der Waals surface area contributed by atoms with Crippen LogP contribution in [0.1, 0.15) is 0 Å². The van der Waals surface area contributed by atoms with Gasteiger partial charge in [-0.1, -0.05) is 15.9 Å². The van der Waals surface area contributed by atoms with Crippen LogP contribution in [0.4, 0.5) is 0 Å². The number of rotatable bonds is 3. The number of nitrogens with zero attached hydrogens (tertiary/aromatic N) is 1. The van der Waals surface area contributed by atoms with Gasteiger partial charge in [-0.15, -0.1) is 0 Å². The zero-order valence-corrected chi connectivity index (χ0v) is 9.95. The van der Waals surface area contributed by atoms with Crippen molar-refractivity contribution >= 4 is 46.3 Å². The van der Waals surface area contributed by atoms with Crippen molar-refractivity contribution in [2.24, 2.45) is 5.41 Å². The van der Waals surface area contributed by atoms with E-state index in [0.29, 0.717) is 6.61 Å². The molecule has 0 atom stereocenters. The Hall–Kier alpha value is 1.48. The highest BCUT2D eigenvalue weighted by Crippen LogP contribution is 2.38. The monoisotopic (exact) mass is 337 g/mol. The van der Waals surface area contributed by atoms with Crippen LogP contribution in [-0.2, 0) is 0 Å². The summed E-state index contributed by atoms with van der Waals surface area (Å²) in [6, 6.07) is 0. The Morgan fingerprint density at radius 2 is 2.30 bits per heavy atom. The predicted molar refractivity (Wildman–Crippen MR) is 56.5 cm³/mol. The molecule has 0 spiro atoms. The van der Waals surface area contributed by atoms with Gasteiger partial charge in [0.2, 0.25) is 0 Å². The largest absolute Gasteiger partial charge is 0.396 e. The molecule has 0 radical (unpaired) electrons. The first kappa shape index (κ1) is 9.57. The molecule has 1 heterocycles. The summed E-state index contributed by atoms with van der Waals surface area (Å²) in [7, 11) is 1.72. The molecule has 0 aliphatic carbocycles. The van der Waals surface area contributed by atoms with Crippen molar-refractivity contribution in [3.63, 3.8) is 0 Å². The van der Waals surface area contributed by atoms with Crippen molar-refractivity contribution in [3.8, 4) is 0 Å². The fourth-order valence-corrected chi connectivity index (χ4v) is 2.99. The highest BCUT2D eigenvalue weighted by molar-refractivity contribution is 14.2. The maximum Gasteiger partial charge on any atom is 0.0520 e. The van der Waals surface area contributed by atoms with Crippen LogP contribution < -0.4 is 0 Å². The van der Waals surface area contributed by atoms with E-state index in [4.69, 9.17) is 5.11 Å². The topological polar surface area (TPSA) is 23.5 Å². The molecule has 0 unspecified atom stereocenters. The molecular weight excluding hydrogens is 329 g/mol. The summed E-state index contributed by atoms with van der Waals surface area (Å²) < 4.78 is 2.23. The van der Waals surface area contributed by atoms with Crippen molar-refractivity contribution in [1.29, 1.82) is 0 Å². The molecule has 60 valence electrons. The normalized spacial score (nSPS) is 24.3. The van der Waals surface area contributed by atoms with E-state index < -0.39 is 0 Å². The van der Waals surface area contributed by atoms with Gasteiger partial charge in [-0.2, -0.15) is 0 Å². The molecular formula is C5H9BrINOS. The minimum absolute atomic E-state index is 0.151. The minimum atomic E-state index is 0.151. The summed E-state index contributed by atoms with van der Waals surface area (Å²) in [5.41, 5.74) is 0.151. The average Bonchev–Trinajstić information content (AvgIpc) is 1.89. The number of halogens is 2. The number of hydrogen-bond donors (Lipinski definition) is 1. The number of alkyl halides is 1. The van der Waals surface area contributed by atoms with Crippen molar-refractivity contribution in [2.75, 3.05) is 25.0 Å². The second-order valence-electron chi connectivity index (χ2n) is 2.66. The lowest BCUT2D eigenvalue weighted by Gasteiger charge is -2.46. The van der Waals surface area contributed by atoms with Gasteiger partial charge < -0.3 is 5.11 Å². The molecule has 10 heavy (non-hydrogen) atoms. The Bertz CT molecular complexity index is 114. The van der Waals surface area contributed by atoms with Gasteiger partial charge in [-0.05, 0) is 9.12 Å². The van der Waals surface area contributed by atoms with E-state index in [9.17, 15) is 0 Å². The van der Waals surface area contributed by atoms with Gasteiger partial charge >= 0.3 is 0 Å². The van der Waals surface area contributed by atoms with Gasteiger partial charge in [-0.3, -0.25) is 0 Å². The van der Waals surface area contributed by atoms with Crippen molar-refractivity contribution in [3.05, 3.63) is 0 Å². The van der Waals surface area contributed by atoms with Crippen LogP contribution in [0.2, 0.25) is 0 Å². The fraction of sp³-hybridized carbons (Fsp3) is 1.00. The van der Waals surface area contributed by atoms with Gasteiger partial charge in [0.15, 0.2) is 0 Å². The SMILES string of the molecule is OCC1(CBr)CN(SI)C1. The van der Waals surface area contributed by atoms with Crippen LogP contribution in [0, 0.1) is 5.41 Å². The number of aliphatic hydroxyl groups excluding tert-OH is 1. The Kier molecular flexibility index (Phi) is 3.76. The van der Waals surface area contributed by atoms with E-state index >= 15 is 0 Å². The molecule has 0 bridgehead atoms. The van der Waals surface area contributed by atoms with Crippen molar-refractivity contribution < 1.29 is 5.11 Å². The zero-order valence-electron chi connectivity index (χ0n) is 5.39. The maximum absolute atomic E-state index is 8.98. The lowest BCUT2D eigenvalue weighted by molar-refractivity contribution is 0.0386. The van der Waals surface area contributed by atoms with Crippen LogP contribution in [0.3, 0.4) is 0 Å². The molecule has 0 saturated carbocycles. The second kappa shape index (κ2) is 3.93. The lowest BCUT2D eigenvalue weighted by atomic mass is 9.85. The second-order valence-corrected chi connectivity index (χ2v) is 5.06. The average molecular weight is 338 g/mol. The van der Waals surface area contributed by atoms with E-state index in [0.717, 1.165) is 18.4 Å². The Labute approximate surface area is 85.6 Å². The lowest BCUT2D eigenvalue weighted by Crippen LogP contribution is -2.55. The molecule has 1 N–H and O–H groups in total. The van der Waals surface area contributed by atoms with Crippen LogP contribution >= 0.6 is 46.3 Å². The molecule has 1 aliphatic rings. The quantitative estimate of drug-likeness (QED) is 0.481. The van der Waals surface area contributed by atoms with E-state index in [-0.39, 0.29) is 5.41 Å². The summed E-state index contributed by atoms with van der Waals surface area (Å²) in [5.74, 6) is 0. The predicted octanol–water partition coefficient (Wildman–Crippen LogP) is 1.67. The molecule has 1 rings (SSSR count). The van der Waals surface area contributed by atoms with E-state index in [1.807, 2.05) is 0 Å². The standard InChI is InChI=1S/C5H9BrINOS/c6-1-5(4-9)2-8(3-5)10-7/h9H,1-4H2. The van der Waals surface area contributed by atoms with Crippen LogP contribution in [0.5, 0.6) is 0 Å². The summed E-state index contributed by atoms with van der Waals surface area (Å²) in [4.78, 5) is 0. The van der Waals surface area contributed by atoms with E-state index in [1.54, 1.807) is 9.12 Å². The maximum atomic E-state index is 8.98. The summed E-state index contributed by atoms with van der Waals surface area (Å²) >= 11 is 5.66. The van der Waals surface area contributed by atoms with Gasteiger partial charge in [0, 0.05) is 45.0 Å². The molecule has 5 heteroatoms. The molecule has 1 aliphatic heterocycles. The summed E-state index contributed by atoms with van der Waals surface area (Å²) in [6.45, 7) is 2.30. The Balaban J connectivity index is 2.31. The summed E-state index contributed by atoms with van der Waals surface area (Å²) in [6.07, 6.45) is 0. The third kappa shape index (κ3) is 1.80. The first-order valence-electron chi connectivity index (χ1n) is 2.97. The number of hydrogen-bond acceptors (Lipinski definition) is 3. The van der Waals surface area contributed by atoms with Gasteiger partial charge in [0.1, 0.15) is 0 Å². The van der Waals surface area contributed by atoms with Crippen LogP contribution in [-0.4, -0.2) is 34.4 Å². The highest BCUT2D eigenvalue weighted by Gasteiger charge is 2.41. The zero-order chi connectivity index (χ0) is 7.61. The Morgan fingerprint density at radius 1 is 1.70 bits per heavy atom. The third-order valence-electron chi connectivity index (χ3n) is 1.74. The molecule has 2 nitrogen and oxygen atoms in total. The first-order chi connectivity index (χ1) is 4.76. The molecule has 0 aromatic rings.